The van der Waals surface area contributed by atoms with Crippen molar-refractivity contribution in [1.82, 2.24) is 4.90 Å². The number of amides is 3. The molecule has 0 heterocycles. The Kier molecular flexibility index (Phi) is 6.59. The lowest BCUT2D eigenvalue weighted by Crippen LogP contribution is -2.37. The fraction of sp³-hybridized carbons (Fsp3) is 0.211. The lowest BCUT2D eigenvalue weighted by atomic mass is 10.1. The van der Waals surface area contributed by atoms with Gasteiger partial charge in [-0.25, -0.2) is 4.79 Å². The van der Waals surface area contributed by atoms with Crippen LogP contribution in [0.4, 0.5) is 16.2 Å². The van der Waals surface area contributed by atoms with Crippen molar-refractivity contribution in [3.63, 3.8) is 0 Å². The molecule has 0 radical (unpaired) electrons. The van der Waals surface area contributed by atoms with Crippen LogP contribution >= 0.6 is 11.6 Å². The molecule has 2 aromatic rings. The molecule has 0 aliphatic rings. The molecule has 0 atom stereocenters. The van der Waals surface area contributed by atoms with E-state index in [0.29, 0.717) is 11.3 Å². The lowest BCUT2D eigenvalue weighted by Gasteiger charge is -2.18. The maximum Gasteiger partial charge on any atom is 0.322 e. The summed E-state index contributed by atoms with van der Waals surface area (Å²) in [4.78, 5) is 25.7. The third-order valence-corrected chi connectivity index (χ3v) is 4.05. The molecule has 0 fully saturated rings. The van der Waals surface area contributed by atoms with E-state index in [9.17, 15) is 9.59 Å². The summed E-state index contributed by atoms with van der Waals surface area (Å²) in [5.41, 5.74) is 2.54. The molecule has 2 rings (SSSR count). The minimum absolute atomic E-state index is 0.103. The Morgan fingerprint density at radius 1 is 1.19 bits per heavy atom. The third kappa shape index (κ3) is 4.98. The van der Waals surface area contributed by atoms with Crippen LogP contribution in [0.25, 0.3) is 0 Å². The van der Waals surface area contributed by atoms with Gasteiger partial charge in [-0.2, -0.15) is 5.26 Å². The number of halogens is 1. The second-order valence-electron chi connectivity index (χ2n) is 5.65. The van der Waals surface area contributed by atoms with Crippen LogP contribution in [0.5, 0.6) is 0 Å². The predicted molar refractivity (Wildman–Crippen MR) is 102 cm³/mol. The maximum absolute atomic E-state index is 12.2. The van der Waals surface area contributed by atoms with Crippen LogP contribution in [0.3, 0.4) is 0 Å². The van der Waals surface area contributed by atoms with Gasteiger partial charge in [-0.05, 0) is 36.2 Å². The fourth-order valence-corrected chi connectivity index (χ4v) is 2.55. The largest absolute Gasteiger partial charge is 0.324 e. The van der Waals surface area contributed by atoms with E-state index in [1.54, 1.807) is 6.07 Å². The molecule has 6 nitrogen and oxygen atoms in total. The molecule has 0 bridgehead atoms. The highest BCUT2D eigenvalue weighted by Gasteiger charge is 2.14. The van der Waals surface area contributed by atoms with Gasteiger partial charge in [0, 0.05) is 18.4 Å². The number of para-hydroxylation sites is 1. The summed E-state index contributed by atoms with van der Waals surface area (Å²) in [5, 5.41) is 14.6. The minimum atomic E-state index is -0.454. The van der Waals surface area contributed by atoms with Crippen molar-refractivity contribution in [2.45, 2.75) is 13.3 Å². The van der Waals surface area contributed by atoms with Crippen LogP contribution in [-0.2, 0) is 11.2 Å². The highest BCUT2D eigenvalue weighted by atomic mass is 35.5. The molecule has 26 heavy (non-hydrogen) atoms. The molecule has 134 valence electrons. The van der Waals surface area contributed by atoms with Gasteiger partial charge in [-0.15, -0.1) is 0 Å². The normalized spacial score (nSPS) is 9.92. The summed E-state index contributed by atoms with van der Waals surface area (Å²) in [6.07, 6.45) is 0.798. The van der Waals surface area contributed by atoms with E-state index < -0.39 is 6.03 Å². The summed E-state index contributed by atoms with van der Waals surface area (Å²) in [6, 6.07) is 13.6. The second kappa shape index (κ2) is 8.88. The van der Waals surface area contributed by atoms with Gasteiger partial charge in [0.2, 0.25) is 5.91 Å². The topological polar surface area (TPSA) is 85.2 Å². The molecule has 0 aromatic heterocycles. The quantitative estimate of drug-likeness (QED) is 0.837. The van der Waals surface area contributed by atoms with Gasteiger partial charge in [-0.1, -0.05) is 36.7 Å². The number of rotatable bonds is 5. The molecular weight excluding hydrogens is 352 g/mol. The highest BCUT2D eigenvalue weighted by molar-refractivity contribution is 6.32. The number of hydrogen-bond acceptors (Lipinski definition) is 3. The molecule has 0 saturated carbocycles. The Morgan fingerprint density at radius 2 is 1.92 bits per heavy atom. The van der Waals surface area contributed by atoms with Crippen LogP contribution in [-0.4, -0.2) is 30.4 Å². The van der Waals surface area contributed by atoms with Gasteiger partial charge < -0.3 is 15.5 Å². The van der Waals surface area contributed by atoms with Gasteiger partial charge in [-0.3, -0.25) is 4.79 Å². The predicted octanol–water partition coefficient (Wildman–Crippen LogP) is 3.88. The van der Waals surface area contributed by atoms with E-state index in [-0.39, 0.29) is 17.5 Å². The summed E-state index contributed by atoms with van der Waals surface area (Å²) >= 11 is 5.94. The average Bonchev–Trinajstić information content (AvgIpc) is 2.62. The molecule has 2 aromatic carbocycles. The standard InChI is InChI=1S/C19H19ClN4O2/c1-3-13-6-4-5-7-17(13)23-18(25)12-24(2)19(26)22-15-9-8-14(11-21)16(20)10-15/h4-10H,3,12H2,1-2H3,(H,22,26)(H,23,25). The zero-order valence-corrected chi connectivity index (χ0v) is 15.3. The Morgan fingerprint density at radius 3 is 2.58 bits per heavy atom. The number of nitrogens with zero attached hydrogens (tertiary/aromatic N) is 2. The first kappa shape index (κ1) is 19.3. The molecule has 3 amide bonds. The molecule has 0 saturated heterocycles. The summed E-state index contributed by atoms with van der Waals surface area (Å²) < 4.78 is 0. The fourth-order valence-electron chi connectivity index (χ4n) is 2.33. The summed E-state index contributed by atoms with van der Waals surface area (Å²) in [6.45, 7) is 1.90. The first-order valence-electron chi connectivity index (χ1n) is 8.04. The van der Waals surface area contributed by atoms with Crippen molar-refractivity contribution in [3.8, 4) is 6.07 Å². The number of hydrogen-bond donors (Lipinski definition) is 2. The number of likely N-dealkylation sites (N-methyl/N-ethyl adjacent to an activating group) is 1. The number of carbonyl (C=O) groups excluding carboxylic acids is 2. The number of aryl methyl sites for hydroxylation is 1. The van der Waals surface area contributed by atoms with Crippen molar-refractivity contribution < 1.29 is 9.59 Å². The van der Waals surface area contributed by atoms with E-state index in [0.717, 1.165) is 17.7 Å². The van der Waals surface area contributed by atoms with Crippen molar-refractivity contribution in [1.29, 1.82) is 5.26 Å². The second-order valence-corrected chi connectivity index (χ2v) is 6.06. The zero-order valence-electron chi connectivity index (χ0n) is 14.5. The van der Waals surface area contributed by atoms with E-state index in [1.807, 2.05) is 37.3 Å². The van der Waals surface area contributed by atoms with Crippen molar-refractivity contribution >= 4 is 34.9 Å². The number of benzene rings is 2. The first-order chi connectivity index (χ1) is 12.4. The van der Waals surface area contributed by atoms with Crippen molar-refractivity contribution in [3.05, 3.63) is 58.6 Å². The van der Waals surface area contributed by atoms with E-state index in [4.69, 9.17) is 16.9 Å². The molecule has 0 aliphatic heterocycles. The van der Waals surface area contributed by atoms with Crippen molar-refractivity contribution in [2.75, 3.05) is 24.2 Å². The first-order valence-corrected chi connectivity index (χ1v) is 8.42. The number of nitriles is 1. The van der Waals surface area contributed by atoms with E-state index in [2.05, 4.69) is 10.6 Å². The maximum atomic E-state index is 12.2. The van der Waals surface area contributed by atoms with Gasteiger partial charge in [0.05, 0.1) is 10.6 Å². The van der Waals surface area contributed by atoms with Crippen LogP contribution in [0.15, 0.2) is 42.5 Å². The van der Waals surface area contributed by atoms with Gasteiger partial charge >= 0.3 is 6.03 Å². The average molecular weight is 371 g/mol. The lowest BCUT2D eigenvalue weighted by molar-refractivity contribution is -0.116. The van der Waals surface area contributed by atoms with Crippen molar-refractivity contribution in [2.24, 2.45) is 0 Å². The Labute approximate surface area is 157 Å². The van der Waals surface area contributed by atoms with Gasteiger partial charge in [0.1, 0.15) is 12.6 Å². The summed E-state index contributed by atoms with van der Waals surface area (Å²) in [7, 11) is 1.52. The third-order valence-electron chi connectivity index (χ3n) is 3.74. The Bertz CT molecular complexity index is 861. The number of nitrogens with one attached hydrogen (secondary N) is 2. The number of carbonyl (C=O) groups is 2. The summed E-state index contributed by atoms with van der Waals surface area (Å²) in [5.74, 6) is -0.290. The molecule has 0 spiro atoms. The molecule has 2 N–H and O–H groups in total. The highest BCUT2D eigenvalue weighted by Crippen LogP contribution is 2.20. The van der Waals surface area contributed by atoms with Gasteiger partial charge in [0.15, 0.2) is 0 Å². The van der Waals surface area contributed by atoms with Crippen LogP contribution in [0.1, 0.15) is 18.1 Å². The SMILES string of the molecule is CCc1ccccc1NC(=O)CN(C)C(=O)Nc1ccc(C#N)c(Cl)c1. The van der Waals surface area contributed by atoms with E-state index >= 15 is 0 Å². The Hall–Kier alpha value is -3.04. The molecule has 7 heteroatoms. The molecule has 0 aliphatic carbocycles. The van der Waals surface area contributed by atoms with E-state index in [1.165, 1.54) is 24.1 Å². The number of urea groups is 1. The monoisotopic (exact) mass is 370 g/mol. The van der Waals surface area contributed by atoms with Crippen LogP contribution < -0.4 is 10.6 Å². The molecular formula is C19H19ClN4O2. The van der Waals surface area contributed by atoms with Crippen LogP contribution in [0.2, 0.25) is 5.02 Å². The minimum Gasteiger partial charge on any atom is -0.324 e. The van der Waals surface area contributed by atoms with Crippen LogP contribution in [0, 0.1) is 11.3 Å². The zero-order chi connectivity index (χ0) is 19.1. The number of anilines is 2. The van der Waals surface area contributed by atoms with Gasteiger partial charge in [0.25, 0.3) is 0 Å². The smallest absolute Gasteiger partial charge is 0.322 e. The molecule has 0 unspecified atom stereocenters. The Balaban J connectivity index is 1.95.